The molecule has 2 aromatic rings. The first kappa shape index (κ1) is 12.9. The summed E-state index contributed by atoms with van der Waals surface area (Å²) in [6.07, 6.45) is 0. The predicted molar refractivity (Wildman–Crippen MR) is 71.8 cm³/mol. The minimum absolute atomic E-state index is 0.543. The Labute approximate surface area is 115 Å². The summed E-state index contributed by atoms with van der Waals surface area (Å²) >= 11 is 7.51. The molecule has 0 bridgehead atoms. The first-order chi connectivity index (χ1) is 8.58. The molecule has 0 aliphatic rings. The van der Waals surface area contributed by atoms with Crippen molar-refractivity contribution in [2.24, 2.45) is 0 Å². The van der Waals surface area contributed by atoms with E-state index in [0.717, 1.165) is 16.3 Å². The third kappa shape index (κ3) is 3.00. The van der Waals surface area contributed by atoms with E-state index in [-0.39, 0.29) is 0 Å². The highest BCUT2D eigenvalue weighted by Crippen LogP contribution is 2.32. The van der Waals surface area contributed by atoms with Gasteiger partial charge in [-0.1, -0.05) is 11.6 Å². The van der Waals surface area contributed by atoms with Crippen LogP contribution in [0, 0.1) is 25.2 Å². The number of nitrogens with zero attached hydrogens (tertiary/aromatic N) is 3. The second-order valence-electron chi connectivity index (χ2n) is 3.79. The predicted octanol–water partition coefficient (Wildman–Crippen LogP) is 3.77. The molecule has 1 aromatic carbocycles. The SMILES string of the molecule is Cc1cc(C)nc(Sc2ccc(C#N)cc2Cl)n1. The molecule has 1 heterocycles. The zero-order valence-corrected chi connectivity index (χ0v) is 11.5. The lowest BCUT2D eigenvalue weighted by Crippen LogP contribution is -1.92. The van der Waals surface area contributed by atoms with Crippen molar-refractivity contribution in [3.8, 4) is 6.07 Å². The van der Waals surface area contributed by atoms with Crippen LogP contribution in [0.3, 0.4) is 0 Å². The van der Waals surface area contributed by atoms with Gasteiger partial charge in [0.05, 0.1) is 16.7 Å². The molecule has 90 valence electrons. The van der Waals surface area contributed by atoms with Gasteiger partial charge in [0.2, 0.25) is 0 Å². The van der Waals surface area contributed by atoms with Crippen LogP contribution in [0.15, 0.2) is 34.3 Å². The summed E-state index contributed by atoms with van der Waals surface area (Å²) in [5.41, 5.74) is 2.40. The Morgan fingerprint density at radius 3 is 2.39 bits per heavy atom. The van der Waals surface area contributed by atoms with E-state index in [1.807, 2.05) is 26.0 Å². The molecule has 0 fully saturated rings. The van der Waals surface area contributed by atoms with Crippen molar-refractivity contribution >= 4 is 23.4 Å². The van der Waals surface area contributed by atoms with E-state index in [4.69, 9.17) is 16.9 Å². The molecule has 0 saturated heterocycles. The van der Waals surface area contributed by atoms with Gasteiger partial charge in [-0.2, -0.15) is 5.26 Å². The van der Waals surface area contributed by atoms with Gasteiger partial charge in [0.25, 0.3) is 0 Å². The molecule has 0 atom stereocenters. The van der Waals surface area contributed by atoms with Gasteiger partial charge in [-0.05, 0) is 49.9 Å². The van der Waals surface area contributed by atoms with E-state index < -0.39 is 0 Å². The molecular weight excluding hydrogens is 266 g/mol. The summed E-state index contributed by atoms with van der Waals surface area (Å²) in [5.74, 6) is 0. The number of aryl methyl sites for hydroxylation is 2. The molecule has 0 radical (unpaired) electrons. The summed E-state index contributed by atoms with van der Waals surface area (Å²) in [6, 6.07) is 9.16. The maximum Gasteiger partial charge on any atom is 0.192 e. The van der Waals surface area contributed by atoms with Crippen LogP contribution < -0.4 is 0 Å². The second kappa shape index (κ2) is 5.38. The van der Waals surface area contributed by atoms with Gasteiger partial charge >= 0.3 is 0 Å². The zero-order valence-electron chi connectivity index (χ0n) is 9.94. The molecular formula is C13H10ClN3S. The lowest BCUT2D eigenvalue weighted by Gasteiger charge is -2.04. The fourth-order valence-corrected chi connectivity index (χ4v) is 2.66. The molecule has 5 heteroatoms. The maximum atomic E-state index is 8.78. The van der Waals surface area contributed by atoms with Crippen molar-refractivity contribution < 1.29 is 0 Å². The van der Waals surface area contributed by atoms with Crippen LogP contribution in [0.5, 0.6) is 0 Å². The molecule has 0 unspecified atom stereocenters. The van der Waals surface area contributed by atoms with Gasteiger partial charge < -0.3 is 0 Å². The standard InChI is InChI=1S/C13H10ClN3S/c1-8-5-9(2)17-13(16-8)18-12-4-3-10(7-15)6-11(12)14/h3-6H,1-2H3. The van der Waals surface area contributed by atoms with E-state index in [1.54, 1.807) is 12.1 Å². The van der Waals surface area contributed by atoms with Gasteiger partial charge in [0.1, 0.15) is 0 Å². The van der Waals surface area contributed by atoms with Gasteiger partial charge in [0, 0.05) is 16.3 Å². The van der Waals surface area contributed by atoms with Crippen molar-refractivity contribution in [2.75, 3.05) is 0 Å². The summed E-state index contributed by atoms with van der Waals surface area (Å²) in [7, 11) is 0. The van der Waals surface area contributed by atoms with Crippen LogP contribution in [-0.2, 0) is 0 Å². The molecule has 0 saturated carbocycles. The van der Waals surface area contributed by atoms with Crippen molar-refractivity contribution in [3.05, 3.63) is 46.2 Å². The highest BCUT2D eigenvalue weighted by molar-refractivity contribution is 7.99. The van der Waals surface area contributed by atoms with Crippen molar-refractivity contribution in [3.63, 3.8) is 0 Å². The molecule has 0 N–H and O–H groups in total. The monoisotopic (exact) mass is 275 g/mol. The molecule has 0 aliphatic carbocycles. The first-order valence-corrected chi connectivity index (χ1v) is 6.48. The number of nitriles is 1. The molecule has 3 nitrogen and oxygen atoms in total. The summed E-state index contributed by atoms with van der Waals surface area (Å²) in [5, 5.41) is 9.98. The number of aromatic nitrogens is 2. The smallest absolute Gasteiger partial charge is 0.192 e. The molecule has 1 aromatic heterocycles. The Kier molecular flexibility index (Phi) is 3.85. The molecule has 18 heavy (non-hydrogen) atoms. The largest absolute Gasteiger partial charge is 0.228 e. The van der Waals surface area contributed by atoms with Crippen LogP contribution in [-0.4, -0.2) is 9.97 Å². The first-order valence-electron chi connectivity index (χ1n) is 5.28. The molecule has 0 spiro atoms. The quantitative estimate of drug-likeness (QED) is 0.783. The fourth-order valence-electron chi connectivity index (χ4n) is 1.49. The lowest BCUT2D eigenvalue weighted by molar-refractivity contribution is 0.902. The van der Waals surface area contributed by atoms with Crippen molar-refractivity contribution in [1.82, 2.24) is 9.97 Å². The van der Waals surface area contributed by atoms with Crippen molar-refractivity contribution in [2.45, 2.75) is 23.9 Å². The Morgan fingerprint density at radius 1 is 1.17 bits per heavy atom. The van der Waals surface area contributed by atoms with E-state index in [9.17, 15) is 0 Å². The van der Waals surface area contributed by atoms with Gasteiger partial charge in [-0.3, -0.25) is 0 Å². The van der Waals surface area contributed by atoms with Crippen LogP contribution in [0.4, 0.5) is 0 Å². The third-order valence-electron chi connectivity index (χ3n) is 2.22. The fraction of sp³-hybridized carbons (Fsp3) is 0.154. The topological polar surface area (TPSA) is 49.6 Å². The minimum Gasteiger partial charge on any atom is -0.228 e. The molecule has 0 amide bonds. The number of benzene rings is 1. The number of hydrogen-bond acceptors (Lipinski definition) is 4. The van der Waals surface area contributed by atoms with Crippen LogP contribution in [0.1, 0.15) is 17.0 Å². The third-order valence-corrected chi connectivity index (χ3v) is 3.59. The van der Waals surface area contributed by atoms with Crippen LogP contribution in [0.2, 0.25) is 5.02 Å². The molecule has 0 aliphatic heterocycles. The average molecular weight is 276 g/mol. The van der Waals surface area contributed by atoms with E-state index in [0.29, 0.717) is 15.7 Å². The van der Waals surface area contributed by atoms with Gasteiger partial charge in [-0.15, -0.1) is 0 Å². The highest BCUT2D eigenvalue weighted by Gasteiger charge is 2.07. The van der Waals surface area contributed by atoms with E-state index in [1.165, 1.54) is 11.8 Å². The number of halogens is 1. The van der Waals surface area contributed by atoms with Crippen molar-refractivity contribution in [1.29, 1.82) is 5.26 Å². The summed E-state index contributed by atoms with van der Waals surface area (Å²) in [6.45, 7) is 3.86. The van der Waals surface area contributed by atoms with E-state index in [2.05, 4.69) is 16.0 Å². The Morgan fingerprint density at radius 2 is 1.83 bits per heavy atom. The number of hydrogen-bond donors (Lipinski definition) is 0. The minimum atomic E-state index is 0.543. The number of rotatable bonds is 2. The van der Waals surface area contributed by atoms with Gasteiger partial charge in [-0.25, -0.2) is 9.97 Å². The summed E-state index contributed by atoms with van der Waals surface area (Å²) < 4.78 is 0. The van der Waals surface area contributed by atoms with Crippen LogP contribution >= 0.6 is 23.4 Å². The Balaban J connectivity index is 2.31. The zero-order chi connectivity index (χ0) is 13.1. The van der Waals surface area contributed by atoms with Gasteiger partial charge in [0.15, 0.2) is 5.16 Å². The highest BCUT2D eigenvalue weighted by atomic mass is 35.5. The molecule has 2 rings (SSSR count). The maximum absolute atomic E-state index is 8.78. The average Bonchev–Trinajstić information content (AvgIpc) is 2.30. The van der Waals surface area contributed by atoms with Crippen LogP contribution in [0.25, 0.3) is 0 Å². The second-order valence-corrected chi connectivity index (χ2v) is 5.21. The normalized spacial score (nSPS) is 10.1. The van der Waals surface area contributed by atoms with E-state index >= 15 is 0 Å². The Hall–Kier alpha value is -1.57. The lowest BCUT2D eigenvalue weighted by atomic mass is 10.2. The Bertz CT molecular complexity index is 614. The summed E-state index contributed by atoms with van der Waals surface area (Å²) in [4.78, 5) is 9.53.